The van der Waals surface area contributed by atoms with Gasteiger partial charge in [0.05, 0.1) is 19.8 Å². The molecule has 0 spiro atoms. The monoisotopic (exact) mass is 587 g/mol. The Kier molecular flexibility index (Phi) is 15.1. The first kappa shape index (κ1) is 34.3. The maximum absolute atomic E-state index is 12.7. The molecule has 0 aromatic heterocycles. The SMILES string of the molecule is CC(C)C[C@H](NC(=O)[C@@H](O)[C@H](N)Cc1ccccc1)C(=O)NCCOCCOCC(=O)Nc1cccc(C(=O)NO)c1. The van der Waals surface area contributed by atoms with Gasteiger partial charge in [0.25, 0.3) is 11.8 Å². The summed E-state index contributed by atoms with van der Waals surface area (Å²) < 4.78 is 10.7. The van der Waals surface area contributed by atoms with E-state index in [9.17, 15) is 24.3 Å². The van der Waals surface area contributed by atoms with Crippen LogP contribution < -0.4 is 27.2 Å². The molecule has 13 heteroatoms. The van der Waals surface area contributed by atoms with Crippen molar-refractivity contribution in [1.82, 2.24) is 16.1 Å². The van der Waals surface area contributed by atoms with Gasteiger partial charge in [0.1, 0.15) is 18.8 Å². The quantitative estimate of drug-likeness (QED) is 0.0730. The summed E-state index contributed by atoms with van der Waals surface area (Å²) in [6.07, 6.45) is -0.800. The highest BCUT2D eigenvalue weighted by atomic mass is 16.5. The molecular weight excluding hydrogens is 546 g/mol. The number of aliphatic hydroxyl groups excluding tert-OH is 1. The van der Waals surface area contributed by atoms with Gasteiger partial charge in [0.2, 0.25) is 11.8 Å². The van der Waals surface area contributed by atoms with Crippen molar-refractivity contribution in [2.75, 3.05) is 38.3 Å². The number of carbonyl (C=O) groups is 4. The number of carbonyl (C=O) groups excluding carboxylic acids is 4. The average molecular weight is 588 g/mol. The van der Waals surface area contributed by atoms with E-state index in [0.717, 1.165) is 5.56 Å². The molecule has 0 saturated heterocycles. The Morgan fingerprint density at radius 1 is 0.929 bits per heavy atom. The molecule has 0 heterocycles. The lowest BCUT2D eigenvalue weighted by molar-refractivity contribution is -0.135. The van der Waals surface area contributed by atoms with E-state index in [1.165, 1.54) is 17.6 Å². The summed E-state index contributed by atoms with van der Waals surface area (Å²) in [5.74, 6) is -2.15. The number of hydroxylamine groups is 1. The molecule has 8 N–H and O–H groups in total. The molecule has 4 amide bonds. The van der Waals surface area contributed by atoms with Gasteiger partial charge < -0.3 is 36.3 Å². The standard InChI is InChI=1S/C29H41N5O8/c1-19(2)15-24(33-29(39)26(36)23(30)16-20-7-4-3-5-8-20)28(38)31-11-12-41-13-14-42-18-25(35)32-22-10-6-9-21(17-22)27(37)34-40/h3-10,17,19,23-24,26,36,40H,11-16,18,30H2,1-2H3,(H,31,38)(H,32,35)(H,33,39)(H,34,37)/t23-,24+,26+/m1/s1. The van der Waals surface area contributed by atoms with Crippen molar-refractivity contribution in [2.45, 2.75) is 44.9 Å². The third-order valence-electron chi connectivity index (χ3n) is 5.99. The molecule has 0 fully saturated rings. The maximum atomic E-state index is 12.7. The fourth-order valence-electron chi connectivity index (χ4n) is 3.91. The van der Waals surface area contributed by atoms with Crippen LogP contribution in [0.4, 0.5) is 5.69 Å². The number of aliphatic hydroxyl groups is 1. The van der Waals surface area contributed by atoms with Crippen LogP contribution in [-0.2, 0) is 30.3 Å². The summed E-state index contributed by atoms with van der Waals surface area (Å²) in [5.41, 5.74) is 9.00. The molecule has 230 valence electrons. The molecule has 0 radical (unpaired) electrons. The second-order valence-corrected chi connectivity index (χ2v) is 10.0. The van der Waals surface area contributed by atoms with Gasteiger partial charge in [0.15, 0.2) is 0 Å². The van der Waals surface area contributed by atoms with Crippen LogP contribution in [0.15, 0.2) is 54.6 Å². The number of benzene rings is 2. The number of hydrogen-bond donors (Lipinski definition) is 7. The Balaban J connectivity index is 1.66. The third kappa shape index (κ3) is 12.7. The number of amides is 4. The van der Waals surface area contributed by atoms with Gasteiger partial charge in [0, 0.05) is 23.8 Å². The molecule has 2 aromatic rings. The lowest BCUT2D eigenvalue weighted by Gasteiger charge is -2.24. The average Bonchev–Trinajstić information content (AvgIpc) is 2.97. The van der Waals surface area contributed by atoms with Crippen molar-refractivity contribution >= 4 is 29.3 Å². The minimum atomic E-state index is -1.48. The van der Waals surface area contributed by atoms with Crippen LogP contribution >= 0.6 is 0 Å². The van der Waals surface area contributed by atoms with E-state index in [-0.39, 0.29) is 44.5 Å². The summed E-state index contributed by atoms with van der Waals surface area (Å²) in [4.78, 5) is 48.9. The lowest BCUT2D eigenvalue weighted by atomic mass is 10.00. The third-order valence-corrected chi connectivity index (χ3v) is 5.99. The molecular formula is C29H41N5O8. The van der Waals surface area contributed by atoms with E-state index in [2.05, 4.69) is 16.0 Å². The van der Waals surface area contributed by atoms with Crippen LogP contribution in [0, 0.1) is 5.92 Å². The van der Waals surface area contributed by atoms with Crippen LogP contribution in [0.3, 0.4) is 0 Å². The number of ether oxygens (including phenoxy) is 2. The number of anilines is 1. The van der Waals surface area contributed by atoms with Crippen molar-refractivity contribution < 1.29 is 39.0 Å². The second-order valence-electron chi connectivity index (χ2n) is 10.0. The van der Waals surface area contributed by atoms with Crippen molar-refractivity contribution in [2.24, 2.45) is 11.7 Å². The van der Waals surface area contributed by atoms with Crippen molar-refractivity contribution in [3.63, 3.8) is 0 Å². The zero-order valence-electron chi connectivity index (χ0n) is 23.9. The lowest BCUT2D eigenvalue weighted by Crippen LogP contribution is -2.54. The molecule has 2 aromatic carbocycles. The van der Waals surface area contributed by atoms with E-state index in [4.69, 9.17) is 20.4 Å². The normalized spacial score (nSPS) is 13.1. The molecule has 2 rings (SSSR count). The van der Waals surface area contributed by atoms with Gasteiger partial charge in [-0.15, -0.1) is 0 Å². The van der Waals surface area contributed by atoms with Gasteiger partial charge in [-0.3, -0.25) is 24.4 Å². The van der Waals surface area contributed by atoms with E-state index < -0.39 is 41.8 Å². The summed E-state index contributed by atoms with van der Waals surface area (Å²) >= 11 is 0. The Bertz CT molecular complexity index is 1150. The van der Waals surface area contributed by atoms with E-state index in [1.807, 2.05) is 44.2 Å². The minimum Gasteiger partial charge on any atom is -0.382 e. The van der Waals surface area contributed by atoms with Crippen molar-refractivity contribution in [3.05, 3.63) is 65.7 Å². The van der Waals surface area contributed by atoms with Gasteiger partial charge >= 0.3 is 0 Å². The van der Waals surface area contributed by atoms with Gasteiger partial charge in [-0.25, -0.2) is 5.48 Å². The van der Waals surface area contributed by atoms with Gasteiger partial charge in [-0.1, -0.05) is 50.2 Å². The van der Waals surface area contributed by atoms with Crippen molar-refractivity contribution in [3.8, 4) is 0 Å². The molecule has 0 aliphatic heterocycles. The molecule has 0 unspecified atom stereocenters. The molecule has 42 heavy (non-hydrogen) atoms. The number of hydrogen-bond acceptors (Lipinski definition) is 9. The van der Waals surface area contributed by atoms with Crippen molar-refractivity contribution in [1.29, 1.82) is 0 Å². The highest BCUT2D eigenvalue weighted by molar-refractivity contribution is 5.97. The Morgan fingerprint density at radius 3 is 2.33 bits per heavy atom. The Morgan fingerprint density at radius 2 is 1.64 bits per heavy atom. The predicted octanol–water partition coefficient (Wildman–Crippen LogP) is 0.355. The topological polar surface area (TPSA) is 201 Å². The van der Waals surface area contributed by atoms with Crippen LogP contribution in [-0.4, -0.2) is 85.1 Å². The van der Waals surface area contributed by atoms with E-state index in [0.29, 0.717) is 18.5 Å². The fraction of sp³-hybridized carbons (Fsp3) is 0.448. The second kappa shape index (κ2) is 18.5. The highest BCUT2D eigenvalue weighted by Gasteiger charge is 2.28. The van der Waals surface area contributed by atoms with Crippen LogP contribution in [0.25, 0.3) is 0 Å². The summed E-state index contributed by atoms with van der Waals surface area (Å²) in [5, 5.41) is 27.0. The fourth-order valence-corrected chi connectivity index (χ4v) is 3.91. The molecule has 0 aliphatic carbocycles. The Hall–Kier alpha value is -3.88. The Labute approximate surface area is 245 Å². The predicted molar refractivity (Wildman–Crippen MR) is 154 cm³/mol. The highest BCUT2D eigenvalue weighted by Crippen LogP contribution is 2.11. The molecule has 0 bridgehead atoms. The van der Waals surface area contributed by atoms with Crippen LogP contribution in [0.2, 0.25) is 0 Å². The first-order valence-electron chi connectivity index (χ1n) is 13.7. The zero-order valence-corrected chi connectivity index (χ0v) is 23.9. The van der Waals surface area contributed by atoms with E-state index in [1.54, 1.807) is 12.1 Å². The van der Waals surface area contributed by atoms with E-state index >= 15 is 0 Å². The smallest absolute Gasteiger partial charge is 0.274 e. The van der Waals surface area contributed by atoms with Gasteiger partial charge in [-0.05, 0) is 42.5 Å². The maximum Gasteiger partial charge on any atom is 0.274 e. The number of nitrogens with two attached hydrogens (primary N) is 1. The summed E-state index contributed by atoms with van der Waals surface area (Å²) in [6.45, 7) is 4.24. The number of rotatable bonds is 18. The first-order valence-corrected chi connectivity index (χ1v) is 13.7. The van der Waals surface area contributed by atoms with Crippen LogP contribution in [0.1, 0.15) is 36.2 Å². The largest absolute Gasteiger partial charge is 0.382 e. The molecule has 3 atom stereocenters. The van der Waals surface area contributed by atoms with Gasteiger partial charge in [-0.2, -0.15) is 0 Å². The zero-order chi connectivity index (χ0) is 30.9. The molecule has 0 saturated carbocycles. The minimum absolute atomic E-state index is 0.103. The van der Waals surface area contributed by atoms with Crippen LogP contribution in [0.5, 0.6) is 0 Å². The summed E-state index contributed by atoms with van der Waals surface area (Å²) in [6, 6.07) is 13.6. The summed E-state index contributed by atoms with van der Waals surface area (Å²) in [7, 11) is 0. The molecule has 0 aliphatic rings. The first-order chi connectivity index (χ1) is 20.1. The molecule has 13 nitrogen and oxygen atoms in total. The number of nitrogens with one attached hydrogen (secondary N) is 4.